The Morgan fingerprint density at radius 1 is 1.31 bits per heavy atom. The Bertz CT molecular complexity index is 893. The van der Waals surface area contributed by atoms with E-state index >= 15 is 0 Å². The second-order valence-electron chi connectivity index (χ2n) is 5.70. The van der Waals surface area contributed by atoms with Crippen LogP contribution in [0, 0.1) is 24.1 Å². The van der Waals surface area contributed by atoms with Gasteiger partial charge in [0.05, 0.1) is 11.7 Å². The van der Waals surface area contributed by atoms with Crippen molar-refractivity contribution >= 4 is 34.3 Å². The molecule has 7 heteroatoms. The molecule has 0 aliphatic rings. The molecule has 5 nitrogen and oxygen atoms in total. The van der Waals surface area contributed by atoms with Gasteiger partial charge >= 0.3 is 5.97 Å². The first-order valence-electron chi connectivity index (χ1n) is 7.81. The van der Waals surface area contributed by atoms with E-state index in [1.807, 2.05) is 6.07 Å². The molecule has 0 fully saturated rings. The summed E-state index contributed by atoms with van der Waals surface area (Å²) in [6.07, 6.45) is 2.51. The Kier molecular flexibility index (Phi) is 6.26. The van der Waals surface area contributed by atoms with Crippen LogP contribution in [0.4, 0.5) is 9.39 Å². The lowest BCUT2D eigenvalue weighted by molar-refractivity contribution is -0.111. The highest BCUT2D eigenvalue weighted by Crippen LogP contribution is 2.33. The van der Waals surface area contributed by atoms with Crippen LogP contribution in [-0.4, -0.2) is 18.0 Å². The summed E-state index contributed by atoms with van der Waals surface area (Å²) in [5.41, 5.74) is 1.36. The molecule has 0 spiro atoms. The molecule has 26 heavy (non-hydrogen) atoms. The Morgan fingerprint density at radius 2 is 1.96 bits per heavy atom. The predicted octanol–water partition coefficient (Wildman–Crippen LogP) is 4.28. The molecule has 1 amide bonds. The summed E-state index contributed by atoms with van der Waals surface area (Å²) < 4.78 is 18.0. The van der Waals surface area contributed by atoms with E-state index in [4.69, 9.17) is 4.74 Å². The van der Waals surface area contributed by atoms with Crippen LogP contribution < -0.4 is 5.32 Å². The molecule has 2 aromatic rings. The van der Waals surface area contributed by atoms with Gasteiger partial charge in [0.2, 0.25) is 5.91 Å². The number of rotatable bonds is 5. The Hall–Kier alpha value is -2.98. The van der Waals surface area contributed by atoms with Gasteiger partial charge in [0.25, 0.3) is 0 Å². The van der Waals surface area contributed by atoms with Crippen LogP contribution in [0.1, 0.15) is 40.2 Å². The second-order valence-corrected chi connectivity index (χ2v) is 6.72. The highest BCUT2D eigenvalue weighted by molar-refractivity contribution is 7.18. The fourth-order valence-electron chi connectivity index (χ4n) is 2.10. The molecular weight excluding hydrogens is 355 g/mol. The summed E-state index contributed by atoms with van der Waals surface area (Å²) in [5, 5.41) is 12.2. The Balaban J connectivity index is 2.18. The van der Waals surface area contributed by atoms with Crippen molar-refractivity contribution in [2.24, 2.45) is 0 Å². The van der Waals surface area contributed by atoms with Crippen molar-refractivity contribution in [1.29, 1.82) is 5.26 Å². The van der Waals surface area contributed by atoms with Crippen LogP contribution in [0.3, 0.4) is 0 Å². The normalized spacial score (nSPS) is 10.8. The van der Waals surface area contributed by atoms with Crippen molar-refractivity contribution in [1.82, 2.24) is 0 Å². The van der Waals surface area contributed by atoms with Crippen LogP contribution in [0.2, 0.25) is 0 Å². The van der Waals surface area contributed by atoms with E-state index in [0.29, 0.717) is 11.1 Å². The molecule has 0 unspecified atom stereocenters. The standard InChI is InChI=1S/C19H17FN2O3S/c1-11(2)25-19(24)17-12(3)15(10-21)18(26-17)22-16(23)9-6-13-4-7-14(20)8-5-13/h4-9,11H,1-3H3,(H,22,23). The van der Waals surface area contributed by atoms with E-state index in [9.17, 15) is 19.2 Å². The number of anilines is 1. The molecule has 0 saturated heterocycles. The summed E-state index contributed by atoms with van der Waals surface area (Å²) in [7, 11) is 0. The number of carbonyl (C=O) groups is 2. The first kappa shape index (κ1) is 19.3. The molecule has 0 aliphatic heterocycles. The van der Waals surface area contributed by atoms with Gasteiger partial charge < -0.3 is 10.1 Å². The maximum Gasteiger partial charge on any atom is 0.348 e. The summed E-state index contributed by atoms with van der Waals surface area (Å²) in [6.45, 7) is 5.10. The number of nitrogens with one attached hydrogen (secondary N) is 1. The molecule has 0 aliphatic carbocycles. The highest BCUT2D eigenvalue weighted by Gasteiger charge is 2.22. The van der Waals surface area contributed by atoms with Crippen LogP contribution >= 0.6 is 11.3 Å². The number of hydrogen-bond donors (Lipinski definition) is 1. The smallest absolute Gasteiger partial charge is 0.348 e. The summed E-state index contributed by atoms with van der Waals surface area (Å²) in [5.74, 6) is -1.35. The number of hydrogen-bond acceptors (Lipinski definition) is 5. The third-order valence-electron chi connectivity index (χ3n) is 3.32. The summed E-state index contributed by atoms with van der Waals surface area (Å²) in [4.78, 5) is 24.5. The molecule has 1 heterocycles. The number of nitrogens with zero attached hydrogens (tertiary/aromatic N) is 1. The number of esters is 1. The zero-order valence-corrected chi connectivity index (χ0v) is 15.3. The van der Waals surface area contributed by atoms with Gasteiger partial charge in [0.15, 0.2) is 0 Å². The fourth-order valence-corrected chi connectivity index (χ4v) is 3.14. The van der Waals surface area contributed by atoms with E-state index in [-0.39, 0.29) is 27.4 Å². The fraction of sp³-hybridized carbons (Fsp3) is 0.211. The van der Waals surface area contributed by atoms with Gasteiger partial charge in [0, 0.05) is 6.08 Å². The topological polar surface area (TPSA) is 79.2 Å². The minimum absolute atomic E-state index is 0.231. The molecule has 0 radical (unpaired) electrons. The minimum atomic E-state index is -0.527. The lowest BCUT2D eigenvalue weighted by Crippen LogP contribution is -2.11. The monoisotopic (exact) mass is 372 g/mol. The van der Waals surface area contributed by atoms with Gasteiger partial charge in [-0.1, -0.05) is 12.1 Å². The maximum absolute atomic E-state index is 12.9. The van der Waals surface area contributed by atoms with E-state index in [1.165, 1.54) is 36.4 Å². The van der Waals surface area contributed by atoms with Gasteiger partial charge in [0.1, 0.15) is 21.8 Å². The predicted molar refractivity (Wildman–Crippen MR) is 98.4 cm³/mol. The average molecular weight is 372 g/mol. The largest absolute Gasteiger partial charge is 0.459 e. The van der Waals surface area contributed by atoms with E-state index in [1.54, 1.807) is 20.8 Å². The second kappa shape index (κ2) is 8.41. The first-order chi connectivity index (χ1) is 12.3. The van der Waals surface area contributed by atoms with Crippen molar-refractivity contribution < 1.29 is 18.7 Å². The van der Waals surface area contributed by atoms with Gasteiger partial charge in [-0.2, -0.15) is 5.26 Å². The third kappa shape index (κ3) is 4.77. The Morgan fingerprint density at radius 3 is 2.54 bits per heavy atom. The average Bonchev–Trinajstić information content (AvgIpc) is 2.89. The summed E-state index contributed by atoms with van der Waals surface area (Å²) in [6, 6.07) is 7.66. The Labute approximate surface area is 154 Å². The summed E-state index contributed by atoms with van der Waals surface area (Å²) >= 11 is 1.00. The van der Waals surface area contributed by atoms with Crippen molar-refractivity contribution in [2.75, 3.05) is 5.32 Å². The van der Waals surface area contributed by atoms with E-state index in [0.717, 1.165) is 11.3 Å². The van der Waals surface area contributed by atoms with Crippen LogP contribution in [0.5, 0.6) is 0 Å². The van der Waals surface area contributed by atoms with Gasteiger partial charge in [-0.15, -0.1) is 11.3 Å². The number of thiophene rings is 1. The van der Waals surface area contributed by atoms with Crippen molar-refractivity contribution in [2.45, 2.75) is 26.9 Å². The number of amides is 1. The molecule has 134 valence electrons. The third-order valence-corrected chi connectivity index (χ3v) is 4.51. The van der Waals surface area contributed by atoms with Gasteiger partial charge in [-0.3, -0.25) is 4.79 Å². The van der Waals surface area contributed by atoms with Gasteiger partial charge in [-0.05, 0) is 50.1 Å². The van der Waals surface area contributed by atoms with Crippen LogP contribution in [0.15, 0.2) is 30.3 Å². The molecule has 1 aromatic carbocycles. The minimum Gasteiger partial charge on any atom is -0.459 e. The lowest BCUT2D eigenvalue weighted by atomic mass is 10.1. The molecule has 0 bridgehead atoms. The van der Waals surface area contributed by atoms with Crippen molar-refractivity contribution in [3.63, 3.8) is 0 Å². The number of nitriles is 1. The SMILES string of the molecule is Cc1c(C(=O)OC(C)C)sc(NC(=O)C=Cc2ccc(F)cc2)c1C#N. The molecular formula is C19H17FN2O3S. The van der Waals surface area contributed by atoms with Crippen LogP contribution in [0.25, 0.3) is 6.08 Å². The van der Waals surface area contributed by atoms with Crippen molar-refractivity contribution in [3.05, 3.63) is 57.7 Å². The zero-order chi connectivity index (χ0) is 19.3. The molecule has 0 saturated carbocycles. The number of halogens is 1. The number of ether oxygens (including phenoxy) is 1. The molecule has 2 rings (SSSR count). The highest BCUT2D eigenvalue weighted by atomic mass is 32.1. The first-order valence-corrected chi connectivity index (χ1v) is 8.62. The van der Waals surface area contributed by atoms with Crippen LogP contribution in [-0.2, 0) is 9.53 Å². The van der Waals surface area contributed by atoms with E-state index < -0.39 is 11.9 Å². The van der Waals surface area contributed by atoms with E-state index in [2.05, 4.69) is 5.32 Å². The number of carbonyl (C=O) groups excluding carboxylic acids is 2. The molecule has 1 N–H and O–H groups in total. The maximum atomic E-state index is 12.9. The molecule has 1 aromatic heterocycles. The lowest BCUT2D eigenvalue weighted by Gasteiger charge is -2.06. The van der Waals surface area contributed by atoms with Gasteiger partial charge in [-0.25, -0.2) is 9.18 Å². The quantitative estimate of drug-likeness (QED) is 0.627. The zero-order valence-electron chi connectivity index (χ0n) is 14.5. The molecule has 0 atom stereocenters. The van der Waals surface area contributed by atoms with Crippen molar-refractivity contribution in [3.8, 4) is 6.07 Å². The number of benzene rings is 1.